The minimum absolute atomic E-state index is 0.0802. The molecule has 1 N–H and O–H groups in total. The number of ether oxygens (including phenoxy) is 1. The van der Waals surface area contributed by atoms with Crippen LogP contribution in [0.2, 0.25) is 0 Å². The van der Waals surface area contributed by atoms with E-state index in [0.29, 0.717) is 19.5 Å². The Hall–Kier alpha value is -1.97. The van der Waals surface area contributed by atoms with Crippen LogP contribution in [0.1, 0.15) is 33.6 Å². The van der Waals surface area contributed by atoms with Gasteiger partial charge in [0.1, 0.15) is 11.5 Å². The number of rotatable bonds is 8. The molecule has 31 heavy (non-hydrogen) atoms. The molecule has 174 valence electrons. The van der Waals surface area contributed by atoms with Gasteiger partial charge >= 0.3 is 6.09 Å². The molecule has 9 heteroatoms. The van der Waals surface area contributed by atoms with Crippen molar-refractivity contribution in [2.24, 2.45) is 0 Å². The van der Waals surface area contributed by atoms with Crippen LogP contribution in [0.5, 0.6) is 0 Å². The van der Waals surface area contributed by atoms with Crippen LogP contribution in [-0.4, -0.2) is 102 Å². The van der Waals surface area contributed by atoms with Crippen LogP contribution >= 0.6 is 0 Å². The predicted molar refractivity (Wildman–Crippen MR) is 117 cm³/mol. The van der Waals surface area contributed by atoms with Crippen LogP contribution < -0.4 is 5.32 Å². The van der Waals surface area contributed by atoms with Crippen LogP contribution in [-0.2, 0) is 9.53 Å². The standard InChI is InChI=1S/C22H36FN5O3/c1-5-26(6-2)13-9-19-20(25(4)17(3)29)31-21(30)28(19)22(10-7-8-18(23)16-22)27-14-11-24-12-15-27/h7-8,10,19-20,24H,5-6,9,11-16H2,1-4H3. The van der Waals surface area contributed by atoms with Gasteiger partial charge in [0.25, 0.3) is 0 Å². The third-order valence-corrected chi connectivity index (χ3v) is 6.74. The maximum Gasteiger partial charge on any atom is 0.414 e. The van der Waals surface area contributed by atoms with E-state index in [4.69, 9.17) is 4.74 Å². The van der Waals surface area contributed by atoms with Gasteiger partial charge in [0.2, 0.25) is 5.91 Å². The van der Waals surface area contributed by atoms with Gasteiger partial charge in [-0.1, -0.05) is 19.9 Å². The van der Waals surface area contributed by atoms with Gasteiger partial charge in [-0.3, -0.25) is 14.6 Å². The van der Waals surface area contributed by atoms with E-state index >= 15 is 0 Å². The number of amides is 2. The maximum absolute atomic E-state index is 14.7. The normalized spacial score (nSPS) is 29.3. The van der Waals surface area contributed by atoms with E-state index in [-0.39, 0.29) is 24.2 Å². The lowest BCUT2D eigenvalue weighted by atomic mass is 9.92. The fourth-order valence-corrected chi connectivity index (χ4v) is 4.85. The fourth-order valence-electron chi connectivity index (χ4n) is 4.85. The number of carbonyl (C=O) groups excluding carboxylic acids is 2. The molecule has 2 amide bonds. The number of halogens is 1. The summed E-state index contributed by atoms with van der Waals surface area (Å²) in [6.45, 7) is 11.1. The summed E-state index contributed by atoms with van der Waals surface area (Å²) in [6.07, 6.45) is 4.56. The van der Waals surface area contributed by atoms with Crippen LogP contribution in [0.3, 0.4) is 0 Å². The Morgan fingerprint density at radius 3 is 2.58 bits per heavy atom. The molecule has 0 aromatic heterocycles. The van der Waals surface area contributed by atoms with E-state index in [1.54, 1.807) is 18.0 Å². The molecule has 1 aliphatic carbocycles. The van der Waals surface area contributed by atoms with Crippen LogP contribution in [0.15, 0.2) is 24.1 Å². The first-order chi connectivity index (χ1) is 14.8. The minimum atomic E-state index is -0.946. The van der Waals surface area contributed by atoms with Gasteiger partial charge in [-0.15, -0.1) is 0 Å². The summed E-state index contributed by atoms with van der Waals surface area (Å²) in [6, 6.07) is -0.382. The molecular weight excluding hydrogens is 401 g/mol. The van der Waals surface area contributed by atoms with Gasteiger partial charge in [0.05, 0.1) is 6.04 Å². The SMILES string of the molecule is CCN(CC)CCC1C(N(C)C(C)=O)OC(=O)N1C1(N2CCNCC2)C=CC=C(F)C1. The molecule has 0 aromatic rings. The Morgan fingerprint density at radius 2 is 2.00 bits per heavy atom. The lowest BCUT2D eigenvalue weighted by Crippen LogP contribution is -2.67. The summed E-state index contributed by atoms with van der Waals surface area (Å²) in [5.41, 5.74) is -0.946. The second kappa shape index (κ2) is 10.1. The van der Waals surface area contributed by atoms with Crippen molar-refractivity contribution in [3.05, 3.63) is 24.1 Å². The molecule has 3 aliphatic rings. The highest BCUT2D eigenvalue weighted by molar-refractivity contribution is 5.76. The zero-order valence-corrected chi connectivity index (χ0v) is 19.1. The molecule has 3 atom stereocenters. The molecular formula is C22H36FN5O3. The molecule has 8 nitrogen and oxygen atoms in total. The Balaban J connectivity index is 1.99. The molecule has 2 fully saturated rings. The zero-order chi connectivity index (χ0) is 22.6. The maximum atomic E-state index is 14.7. The van der Waals surface area contributed by atoms with Crippen molar-refractivity contribution in [1.82, 2.24) is 24.9 Å². The Morgan fingerprint density at radius 1 is 1.32 bits per heavy atom. The molecule has 0 bridgehead atoms. The van der Waals surface area contributed by atoms with E-state index in [9.17, 15) is 14.0 Å². The lowest BCUT2D eigenvalue weighted by molar-refractivity contribution is -0.136. The largest absolute Gasteiger partial charge is 0.423 e. The third-order valence-electron chi connectivity index (χ3n) is 6.74. The molecule has 2 aliphatic heterocycles. The highest BCUT2D eigenvalue weighted by Gasteiger charge is 2.56. The van der Waals surface area contributed by atoms with E-state index in [1.165, 1.54) is 17.9 Å². The van der Waals surface area contributed by atoms with Gasteiger partial charge in [0.15, 0.2) is 6.23 Å². The number of carbonyl (C=O) groups is 2. The van der Waals surface area contributed by atoms with E-state index < -0.39 is 18.0 Å². The van der Waals surface area contributed by atoms with E-state index in [0.717, 1.165) is 32.7 Å². The number of nitrogens with zero attached hydrogens (tertiary/aromatic N) is 4. The Labute approximate surface area is 184 Å². The fraction of sp³-hybridized carbons (Fsp3) is 0.727. The Kier molecular flexibility index (Phi) is 7.72. The quantitative estimate of drug-likeness (QED) is 0.624. The monoisotopic (exact) mass is 437 g/mol. The summed E-state index contributed by atoms with van der Waals surface area (Å²) in [4.78, 5) is 33.1. The summed E-state index contributed by atoms with van der Waals surface area (Å²) < 4.78 is 20.4. The van der Waals surface area contributed by atoms with E-state index in [2.05, 4.69) is 29.0 Å². The van der Waals surface area contributed by atoms with Gasteiger partial charge in [-0.05, 0) is 31.7 Å². The van der Waals surface area contributed by atoms with E-state index in [1.807, 2.05) is 6.08 Å². The van der Waals surface area contributed by atoms with Gasteiger partial charge in [-0.2, -0.15) is 0 Å². The Bertz CT molecular complexity index is 720. The average Bonchev–Trinajstić information content (AvgIpc) is 3.10. The number of nitrogens with one attached hydrogen (secondary N) is 1. The number of hydrogen-bond acceptors (Lipinski definition) is 6. The molecule has 0 radical (unpaired) electrons. The second-order valence-electron chi connectivity index (χ2n) is 8.42. The number of piperazine rings is 1. The van der Waals surface area contributed by atoms with Crippen molar-refractivity contribution in [1.29, 1.82) is 0 Å². The highest BCUT2D eigenvalue weighted by atomic mass is 19.1. The number of hydrogen-bond donors (Lipinski definition) is 1. The zero-order valence-electron chi connectivity index (χ0n) is 19.1. The van der Waals surface area contributed by atoms with Crippen molar-refractivity contribution in [3.8, 4) is 0 Å². The van der Waals surface area contributed by atoms with Crippen LogP contribution in [0.25, 0.3) is 0 Å². The minimum Gasteiger partial charge on any atom is -0.423 e. The molecule has 2 saturated heterocycles. The van der Waals surface area contributed by atoms with Crippen LogP contribution in [0, 0.1) is 0 Å². The predicted octanol–water partition coefficient (Wildman–Crippen LogP) is 1.76. The average molecular weight is 438 g/mol. The summed E-state index contributed by atoms with van der Waals surface area (Å²) in [5, 5.41) is 3.32. The van der Waals surface area contributed by atoms with Gasteiger partial charge in [-0.25, -0.2) is 9.18 Å². The number of allylic oxidation sites excluding steroid dienone is 2. The van der Waals surface area contributed by atoms with Crippen molar-refractivity contribution < 1.29 is 18.7 Å². The molecule has 3 unspecified atom stereocenters. The number of cyclic esters (lactones) is 1. The van der Waals surface area contributed by atoms with Gasteiger partial charge < -0.3 is 19.9 Å². The van der Waals surface area contributed by atoms with Crippen molar-refractivity contribution in [3.63, 3.8) is 0 Å². The topological polar surface area (TPSA) is 68.4 Å². The van der Waals surface area contributed by atoms with Gasteiger partial charge in [0, 0.05) is 53.1 Å². The van der Waals surface area contributed by atoms with Crippen molar-refractivity contribution in [2.45, 2.75) is 51.5 Å². The summed E-state index contributed by atoms with van der Waals surface area (Å²) >= 11 is 0. The first kappa shape index (κ1) is 23.7. The molecule has 0 aromatic carbocycles. The molecule has 2 heterocycles. The third kappa shape index (κ3) is 4.78. The molecule has 3 rings (SSSR count). The number of likely N-dealkylation sites (N-methyl/N-ethyl adjacent to an activating group) is 1. The smallest absolute Gasteiger partial charge is 0.414 e. The van der Waals surface area contributed by atoms with Crippen molar-refractivity contribution in [2.75, 3.05) is 52.9 Å². The summed E-state index contributed by atoms with van der Waals surface area (Å²) in [5.74, 6) is -0.436. The van der Waals surface area contributed by atoms with Crippen molar-refractivity contribution >= 4 is 12.0 Å². The summed E-state index contributed by atoms with van der Waals surface area (Å²) in [7, 11) is 1.66. The molecule has 0 saturated carbocycles. The van der Waals surface area contributed by atoms with Crippen LogP contribution in [0.4, 0.5) is 9.18 Å². The molecule has 0 spiro atoms. The second-order valence-corrected chi connectivity index (χ2v) is 8.42. The first-order valence-electron chi connectivity index (χ1n) is 11.3. The highest BCUT2D eigenvalue weighted by Crippen LogP contribution is 2.40. The first-order valence-corrected chi connectivity index (χ1v) is 11.3. The lowest BCUT2D eigenvalue weighted by Gasteiger charge is -2.51.